The highest BCUT2D eigenvalue weighted by Crippen LogP contribution is 2.15. The van der Waals surface area contributed by atoms with Crippen molar-refractivity contribution in [2.45, 2.75) is 19.9 Å². The number of rotatable bonds is 6. The minimum atomic E-state index is -0.436. The summed E-state index contributed by atoms with van der Waals surface area (Å²) in [4.78, 5) is 9.13. The summed E-state index contributed by atoms with van der Waals surface area (Å²) < 4.78 is 13.5. The third-order valence-electron chi connectivity index (χ3n) is 2.29. The Kier molecular flexibility index (Phi) is 4.46. The summed E-state index contributed by atoms with van der Waals surface area (Å²) in [5, 5.41) is 7.99. The second-order valence-corrected chi connectivity index (χ2v) is 4.78. The van der Waals surface area contributed by atoms with Crippen molar-refractivity contribution in [2.75, 3.05) is 17.2 Å². The lowest BCUT2D eigenvalue weighted by atomic mass is 10.4. The Bertz CT molecular complexity index is 487. The first-order valence-electron chi connectivity index (χ1n) is 5.82. The summed E-state index contributed by atoms with van der Waals surface area (Å²) in [5.41, 5.74) is 0. The monoisotopic (exact) mass is 266 g/mol. The third kappa shape index (κ3) is 3.40. The molecule has 0 bridgehead atoms. The van der Waals surface area contributed by atoms with Crippen LogP contribution in [0, 0.1) is 5.82 Å². The van der Waals surface area contributed by atoms with Crippen LogP contribution in [0.5, 0.6) is 0 Å². The smallest absolute Gasteiger partial charge is 0.224 e. The summed E-state index contributed by atoms with van der Waals surface area (Å²) in [6, 6.07) is 3.96. The van der Waals surface area contributed by atoms with E-state index in [9.17, 15) is 4.39 Å². The molecule has 2 rings (SSSR count). The van der Waals surface area contributed by atoms with Gasteiger partial charge in [0.05, 0.1) is 12.7 Å². The molecule has 4 nitrogen and oxygen atoms in total. The molecule has 0 radical (unpaired) electrons. The number of nitrogens with zero attached hydrogens (tertiary/aromatic N) is 2. The molecule has 2 aromatic heterocycles. The van der Waals surface area contributed by atoms with E-state index in [1.165, 1.54) is 6.20 Å². The van der Waals surface area contributed by atoms with Crippen molar-refractivity contribution in [1.82, 2.24) is 9.97 Å². The van der Waals surface area contributed by atoms with Crippen molar-refractivity contribution in [3.8, 4) is 0 Å². The molecule has 0 atom stereocenters. The van der Waals surface area contributed by atoms with Gasteiger partial charge >= 0.3 is 0 Å². The highest BCUT2D eigenvalue weighted by atomic mass is 32.1. The van der Waals surface area contributed by atoms with Crippen molar-refractivity contribution in [3.63, 3.8) is 0 Å². The molecule has 0 aliphatic rings. The molecule has 2 aromatic rings. The largest absolute Gasteiger partial charge is 0.363 e. The maximum atomic E-state index is 13.5. The van der Waals surface area contributed by atoms with E-state index in [0.29, 0.717) is 12.5 Å². The first-order valence-corrected chi connectivity index (χ1v) is 6.70. The second-order valence-electron chi connectivity index (χ2n) is 3.75. The van der Waals surface area contributed by atoms with Gasteiger partial charge in [-0.05, 0) is 17.9 Å². The van der Waals surface area contributed by atoms with Crippen LogP contribution in [0.15, 0.2) is 23.7 Å². The van der Waals surface area contributed by atoms with Crippen LogP contribution in [0.2, 0.25) is 0 Å². The van der Waals surface area contributed by atoms with Gasteiger partial charge in [-0.1, -0.05) is 13.0 Å². The minimum absolute atomic E-state index is 0.233. The number of aromatic nitrogens is 2. The summed E-state index contributed by atoms with van der Waals surface area (Å²) in [6.07, 6.45) is 2.15. The minimum Gasteiger partial charge on any atom is -0.363 e. The fourth-order valence-electron chi connectivity index (χ4n) is 1.40. The highest BCUT2D eigenvalue weighted by molar-refractivity contribution is 7.09. The lowest BCUT2D eigenvalue weighted by Crippen LogP contribution is -2.08. The van der Waals surface area contributed by atoms with Crippen molar-refractivity contribution in [1.29, 1.82) is 0 Å². The topological polar surface area (TPSA) is 49.8 Å². The third-order valence-corrected chi connectivity index (χ3v) is 3.16. The molecule has 18 heavy (non-hydrogen) atoms. The van der Waals surface area contributed by atoms with E-state index in [-0.39, 0.29) is 5.82 Å². The molecule has 2 heterocycles. The zero-order valence-electron chi connectivity index (χ0n) is 10.1. The molecule has 0 unspecified atom stereocenters. The average molecular weight is 266 g/mol. The summed E-state index contributed by atoms with van der Waals surface area (Å²) >= 11 is 1.62. The molecule has 0 amide bonds. The Hall–Kier alpha value is -1.69. The van der Waals surface area contributed by atoms with E-state index < -0.39 is 5.82 Å². The maximum Gasteiger partial charge on any atom is 0.224 e. The average Bonchev–Trinajstić information content (AvgIpc) is 2.89. The fourth-order valence-corrected chi connectivity index (χ4v) is 2.04. The quantitative estimate of drug-likeness (QED) is 0.843. The molecular formula is C12H15FN4S. The summed E-state index contributed by atoms with van der Waals surface area (Å²) in [5.74, 6) is 0.248. The first-order chi connectivity index (χ1) is 8.79. The van der Waals surface area contributed by atoms with Gasteiger partial charge in [0, 0.05) is 11.4 Å². The number of halogens is 1. The van der Waals surface area contributed by atoms with Crippen LogP contribution in [0.3, 0.4) is 0 Å². The SMILES string of the molecule is CCCNc1ncc(F)c(NCc2cccs2)n1. The van der Waals surface area contributed by atoms with Gasteiger partial charge in [0.2, 0.25) is 5.95 Å². The van der Waals surface area contributed by atoms with Crippen molar-refractivity contribution in [2.24, 2.45) is 0 Å². The van der Waals surface area contributed by atoms with Crippen molar-refractivity contribution < 1.29 is 4.39 Å². The van der Waals surface area contributed by atoms with E-state index in [1.807, 2.05) is 24.4 Å². The summed E-state index contributed by atoms with van der Waals surface area (Å²) in [7, 11) is 0. The molecule has 0 spiro atoms. The maximum absolute atomic E-state index is 13.5. The number of nitrogens with one attached hydrogen (secondary N) is 2. The van der Waals surface area contributed by atoms with Gasteiger partial charge in [0.1, 0.15) is 0 Å². The van der Waals surface area contributed by atoms with Crippen LogP contribution in [0.25, 0.3) is 0 Å². The van der Waals surface area contributed by atoms with Gasteiger partial charge in [-0.15, -0.1) is 11.3 Å². The zero-order chi connectivity index (χ0) is 12.8. The zero-order valence-corrected chi connectivity index (χ0v) is 10.9. The molecule has 2 N–H and O–H groups in total. The Morgan fingerprint density at radius 3 is 3.00 bits per heavy atom. The Morgan fingerprint density at radius 1 is 1.39 bits per heavy atom. The first kappa shape index (κ1) is 12.8. The molecule has 0 saturated heterocycles. The van der Waals surface area contributed by atoms with Crippen LogP contribution >= 0.6 is 11.3 Å². The standard InChI is InChI=1S/C12H15FN4S/c1-2-5-14-12-16-8-10(13)11(17-12)15-7-9-4-3-6-18-9/h3-4,6,8H,2,5,7H2,1H3,(H2,14,15,16,17). The van der Waals surface area contributed by atoms with Crippen LogP contribution in [-0.2, 0) is 6.54 Å². The van der Waals surface area contributed by atoms with Crippen molar-refractivity contribution >= 4 is 23.1 Å². The van der Waals surface area contributed by atoms with Crippen LogP contribution in [0.1, 0.15) is 18.2 Å². The molecule has 0 saturated carbocycles. The predicted octanol–water partition coefficient (Wildman–Crippen LogP) is 3.11. The Balaban J connectivity index is 2.01. The van der Waals surface area contributed by atoms with E-state index in [4.69, 9.17) is 0 Å². The van der Waals surface area contributed by atoms with Gasteiger partial charge in [0.15, 0.2) is 11.6 Å². The normalized spacial score (nSPS) is 10.3. The van der Waals surface area contributed by atoms with Gasteiger partial charge in [-0.2, -0.15) is 4.98 Å². The van der Waals surface area contributed by atoms with E-state index in [0.717, 1.165) is 17.8 Å². The lowest BCUT2D eigenvalue weighted by molar-refractivity contribution is 0.617. The molecule has 0 aliphatic heterocycles. The Labute approximate surface area is 109 Å². The van der Waals surface area contributed by atoms with Gasteiger partial charge < -0.3 is 10.6 Å². The number of hydrogen-bond donors (Lipinski definition) is 2. The molecule has 0 fully saturated rings. The van der Waals surface area contributed by atoms with Crippen LogP contribution in [0.4, 0.5) is 16.2 Å². The van der Waals surface area contributed by atoms with Crippen LogP contribution in [-0.4, -0.2) is 16.5 Å². The highest BCUT2D eigenvalue weighted by Gasteiger charge is 2.06. The van der Waals surface area contributed by atoms with E-state index >= 15 is 0 Å². The molecule has 0 aromatic carbocycles. The second kappa shape index (κ2) is 6.30. The summed E-state index contributed by atoms with van der Waals surface area (Å²) in [6.45, 7) is 3.39. The number of hydrogen-bond acceptors (Lipinski definition) is 5. The molecule has 0 aliphatic carbocycles. The Morgan fingerprint density at radius 2 is 2.28 bits per heavy atom. The molecule has 6 heteroatoms. The van der Waals surface area contributed by atoms with E-state index in [2.05, 4.69) is 20.6 Å². The van der Waals surface area contributed by atoms with Gasteiger partial charge in [-0.25, -0.2) is 9.37 Å². The van der Waals surface area contributed by atoms with Crippen molar-refractivity contribution in [3.05, 3.63) is 34.4 Å². The number of anilines is 2. The van der Waals surface area contributed by atoms with Gasteiger partial charge in [-0.3, -0.25) is 0 Å². The van der Waals surface area contributed by atoms with Gasteiger partial charge in [0.25, 0.3) is 0 Å². The van der Waals surface area contributed by atoms with E-state index in [1.54, 1.807) is 11.3 Å². The molecular weight excluding hydrogens is 251 g/mol. The number of thiophene rings is 1. The van der Waals surface area contributed by atoms with Crippen LogP contribution < -0.4 is 10.6 Å². The molecule has 96 valence electrons. The predicted molar refractivity (Wildman–Crippen MR) is 72.4 cm³/mol. The fraction of sp³-hybridized carbons (Fsp3) is 0.333. The lowest BCUT2D eigenvalue weighted by Gasteiger charge is -2.08.